The Morgan fingerprint density at radius 1 is 1.20 bits per heavy atom. The predicted octanol–water partition coefficient (Wildman–Crippen LogP) is 2.58. The zero-order chi connectivity index (χ0) is 18.4. The Bertz CT molecular complexity index is 663. The third-order valence-corrected chi connectivity index (χ3v) is 4.37. The van der Waals surface area contributed by atoms with Gasteiger partial charge in [0.1, 0.15) is 0 Å². The molecule has 25 heavy (non-hydrogen) atoms. The molecule has 2 atom stereocenters. The summed E-state index contributed by atoms with van der Waals surface area (Å²) in [7, 11) is 0. The molecular formula is C18H24ClN3O3. The van der Waals surface area contributed by atoms with Gasteiger partial charge in [0.05, 0.1) is 11.3 Å². The SMILES string of the molecule is CCCNC(=O)c1ccc(Cl)cc1NC(=O)CCNC(=O)[C@@H]1C[C@H]1C. The second-order valence-corrected chi connectivity index (χ2v) is 6.79. The van der Waals surface area contributed by atoms with Gasteiger partial charge in [0, 0.05) is 30.5 Å². The number of carbonyl (C=O) groups excluding carboxylic acids is 3. The molecule has 7 heteroatoms. The molecule has 1 aliphatic carbocycles. The van der Waals surface area contributed by atoms with Crippen molar-refractivity contribution in [1.82, 2.24) is 10.6 Å². The first kappa shape index (κ1) is 19.2. The van der Waals surface area contributed by atoms with E-state index in [1.165, 1.54) is 0 Å². The van der Waals surface area contributed by atoms with Crippen LogP contribution < -0.4 is 16.0 Å². The number of nitrogens with one attached hydrogen (secondary N) is 3. The molecule has 1 saturated carbocycles. The maximum absolute atomic E-state index is 12.2. The Labute approximate surface area is 152 Å². The molecule has 1 aromatic rings. The molecule has 1 fully saturated rings. The van der Waals surface area contributed by atoms with E-state index < -0.39 is 0 Å². The molecule has 3 N–H and O–H groups in total. The fourth-order valence-electron chi connectivity index (χ4n) is 2.48. The maximum atomic E-state index is 12.2. The molecule has 3 amide bonds. The quantitative estimate of drug-likeness (QED) is 0.661. The van der Waals surface area contributed by atoms with Crippen LogP contribution in [0.2, 0.25) is 5.02 Å². The van der Waals surface area contributed by atoms with Gasteiger partial charge in [-0.3, -0.25) is 14.4 Å². The summed E-state index contributed by atoms with van der Waals surface area (Å²) in [6.07, 6.45) is 1.87. The molecule has 0 unspecified atom stereocenters. The zero-order valence-electron chi connectivity index (χ0n) is 14.5. The van der Waals surface area contributed by atoms with E-state index in [4.69, 9.17) is 11.6 Å². The van der Waals surface area contributed by atoms with Crippen LogP contribution in [0.1, 0.15) is 43.5 Å². The minimum atomic E-state index is -0.282. The first-order valence-corrected chi connectivity index (χ1v) is 8.95. The molecule has 1 aromatic carbocycles. The van der Waals surface area contributed by atoms with Gasteiger partial charge in [-0.05, 0) is 37.0 Å². The van der Waals surface area contributed by atoms with E-state index in [9.17, 15) is 14.4 Å². The highest BCUT2D eigenvalue weighted by atomic mass is 35.5. The molecular weight excluding hydrogens is 342 g/mol. The summed E-state index contributed by atoms with van der Waals surface area (Å²) in [5.74, 6) is -0.0159. The van der Waals surface area contributed by atoms with Crippen molar-refractivity contribution in [3.63, 3.8) is 0 Å². The summed E-state index contributed by atoms with van der Waals surface area (Å²) in [4.78, 5) is 36.0. The van der Waals surface area contributed by atoms with E-state index in [1.54, 1.807) is 18.2 Å². The zero-order valence-corrected chi connectivity index (χ0v) is 15.3. The van der Waals surface area contributed by atoms with Crippen LogP contribution in [0.25, 0.3) is 0 Å². The number of hydrogen-bond acceptors (Lipinski definition) is 3. The third kappa shape index (κ3) is 5.74. The minimum Gasteiger partial charge on any atom is -0.355 e. The standard InChI is InChI=1S/C18H24ClN3O3/c1-3-7-20-17(24)13-5-4-12(19)10-15(13)22-16(23)6-8-21-18(25)14-9-11(14)2/h4-5,10-11,14H,3,6-9H2,1-2H3,(H,20,24)(H,21,25)(H,22,23)/t11-,14-/m1/s1. The molecule has 0 saturated heterocycles. The molecule has 0 bridgehead atoms. The van der Waals surface area contributed by atoms with Crippen molar-refractivity contribution in [1.29, 1.82) is 0 Å². The summed E-state index contributed by atoms with van der Waals surface area (Å²) < 4.78 is 0. The van der Waals surface area contributed by atoms with Gasteiger partial charge in [-0.15, -0.1) is 0 Å². The Morgan fingerprint density at radius 2 is 1.92 bits per heavy atom. The highest BCUT2D eigenvalue weighted by Crippen LogP contribution is 2.37. The summed E-state index contributed by atoms with van der Waals surface area (Å²) in [6.45, 7) is 4.81. The summed E-state index contributed by atoms with van der Waals surface area (Å²) >= 11 is 5.97. The Hall–Kier alpha value is -2.08. The van der Waals surface area contributed by atoms with Crippen LogP contribution in [-0.4, -0.2) is 30.8 Å². The monoisotopic (exact) mass is 365 g/mol. The fraction of sp³-hybridized carbons (Fsp3) is 0.500. The van der Waals surface area contributed by atoms with E-state index in [-0.39, 0.29) is 36.6 Å². The van der Waals surface area contributed by atoms with Crippen molar-refractivity contribution in [3.8, 4) is 0 Å². The first-order chi connectivity index (χ1) is 11.9. The van der Waals surface area contributed by atoms with Crippen LogP contribution >= 0.6 is 11.6 Å². The number of benzene rings is 1. The summed E-state index contributed by atoms with van der Waals surface area (Å²) in [5.41, 5.74) is 0.732. The molecule has 0 aliphatic heterocycles. The number of amides is 3. The molecule has 136 valence electrons. The van der Waals surface area contributed by atoms with Crippen molar-refractivity contribution in [2.75, 3.05) is 18.4 Å². The largest absolute Gasteiger partial charge is 0.355 e. The smallest absolute Gasteiger partial charge is 0.253 e. The highest BCUT2D eigenvalue weighted by molar-refractivity contribution is 6.31. The Kier molecular flexibility index (Phi) is 6.82. The van der Waals surface area contributed by atoms with Gasteiger partial charge >= 0.3 is 0 Å². The first-order valence-electron chi connectivity index (χ1n) is 8.57. The normalized spacial score (nSPS) is 18.4. The fourth-order valence-corrected chi connectivity index (χ4v) is 2.65. The van der Waals surface area contributed by atoms with Gasteiger partial charge in [-0.25, -0.2) is 0 Å². The van der Waals surface area contributed by atoms with Crippen molar-refractivity contribution in [2.24, 2.45) is 11.8 Å². The van der Waals surface area contributed by atoms with Crippen molar-refractivity contribution < 1.29 is 14.4 Å². The van der Waals surface area contributed by atoms with E-state index in [0.29, 0.717) is 28.7 Å². The van der Waals surface area contributed by atoms with Crippen molar-refractivity contribution in [2.45, 2.75) is 33.1 Å². The Balaban J connectivity index is 1.89. The third-order valence-electron chi connectivity index (χ3n) is 4.13. The van der Waals surface area contributed by atoms with Crippen LogP contribution in [0.5, 0.6) is 0 Å². The van der Waals surface area contributed by atoms with E-state index in [1.807, 2.05) is 13.8 Å². The molecule has 0 radical (unpaired) electrons. The van der Waals surface area contributed by atoms with Gasteiger partial charge in [-0.2, -0.15) is 0 Å². The molecule has 1 aliphatic rings. The van der Waals surface area contributed by atoms with Crippen molar-refractivity contribution >= 4 is 35.0 Å². The number of hydrogen-bond donors (Lipinski definition) is 3. The second-order valence-electron chi connectivity index (χ2n) is 6.35. The van der Waals surface area contributed by atoms with Crippen LogP contribution in [0.4, 0.5) is 5.69 Å². The summed E-state index contributed by atoms with van der Waals surface area (Å²) in [6, 6.07) is 4.74. The average molecular weight is 366 g/mol. The maximum Gasteiger partial charge on any atom is 0.253 e. The van der Waals surface area contributed by atoms with E-state index in [0.717, 1.165) is 12.8 Å². The van der Waals surface area contributed by atoms with Crippen LogP contribution in [0, 0.1) is 11.8 Å². The minimum absolute atomic E-state index is 0.00249. The number of anilines is 1. The topological polar surface area (TPSA) is 87.3 Å². The number of carbonyl (C=O) groups is 3. The van der Waals surface area contributed by atoms with E-state index >= 15 is 0 Å². The van der Waals surface area contributed by atoms with Gasteiger partial charge in [0.2, 0.25) is 11.8 Å². The van der Waals surface area contributed by atoms with Gasteiger partial charge < -0.3 is 16.0 Å². The van der Waals surface area contributed by atoms with Gasteiger partial charge in [0.15, 0.2) is 0 Å². The number of halogens is 1. The lowest BCUT2D eigenvalue weighted by molar-refractivity contribution is -0.122. The lowest BCUT2D eigenvalue weighted by Gasteiger charge is -2.12. The molecule has 2 rings (SSSR count). The lowest BCUT2D eigenvalue weighted by Crippen LogP contribution is -2.30. The molecule has 0 heterocycles. The van der Waals surface area contributed by atoms with Crippen LogP contribution in [0.3, 0.4) is 0 Å². The van der Waals surface area contributed by atoms with Crippen molar-refractivity contribution in [3.05, 3.63) is 28.8 Å². The summed E-state index contributed by atoms with van der Waals surface area (Å²) in [5, 5.41) is 8.67. The van der Waals surface area contributed by atoms with Gasteiger partial charge in [-0.1, -0.05) is 25.4 Å². The number of rotatable bonds is 8. The molecule has 6 nitrogen and oxygen atoms in total. The predicted molar refractivity (Wildman–Crippen MR) is 97.6 cm³/mol. The van der Waals surface area contributed by atoms with Gasteiger partial charge in [0.25, 0.3) is 5.91 Å². The highest BCUT2D eigenvalue weighted by Gasteiger charge is 2.38. The molecule has 0 spiro atoms. The lowest BCUT2D eigenvalue weighted by atomic mass is 10.1. The second kappa shape index (κ2) is 8.85. The molecule has 0 aromatic heterocycles. The van der Waals surface area contributed by atoms with Crippen LogP contribution in [0.15, 0.2) is 18.2 Å². The van der Waals surface area contributed by atoms with Crippen LogP contribution in [-0.2, 0) is 9.59 Å². The average Bonchev–Trinajstić information content (AvgIpc) is 3.29. The Morgan fingerprint density at radius 3 is 2.56 bits per heavy atom. The van der Waals surface area contributed by atoms with E-state index in [2.05, 4.69) is 16.0 Å².